The van der Waals surface area contributed by atoms with Crippen molar-refractivity contribution in [1.29, 1.82) is 0 Å². The van der Waals surface area contributed by atoms with Gasteiger partial charge in [0.25, 0.3) is 0 Å². The lowest BCUT2D eigenvalue weighted by molar-refractivity contribution is -0.134. The van der Waals surface area contributed by atoms with Crippen molar-refractivity contribution in [2.45, 2.75) is 69.1 Å². The summed E-state index contributed by atoms with van der Waals surface area (Å²) >= 11 is 0. The van der Waals surface area contributed by atoms with Crippen molar-refractivity contribution in [2.75, 3.05) is 13.2 Å². The smallest absolute Gasteiger partial charge is 0.245 e. The molecule has 49 heavy (non-hydrogen) atoms. The molecule has 3 aliphatic rings. The van der Waals surface area contributed by atoms with Crippen LogP contribution < -0.4 is 31.3 Å². The van der Waals surface area contributed by atoms with Crippen LogP contribution in [0.1, 0.15) is 42.9 Å². The van der Waals surface area contributed by atoms with Gasteiger partial charge in [-0.2, -0.15) is 0 Å². The number of hydrogen-bond acceptors (Lipinski definition) is 6. The lowest BCUT2D eigenvalue weighted by atomic mass is 10.0. The minimum Gasteiger partial charge on any atom is -0.492 e. The predicted molar refractivity (Wildman–Crippen MR) is 175 cm³/mol. The zero-order valence-electron chi connectivity index (χ0n) is 27.0. The summed E-state index contributed by atoms with van der Waals surface area (Å²) in [6.07, 6.45) is 1.09. The van der Waals surface area contributed by atoms with Crippen LogP contribution in [-0.2, 0) is 43.2 Å². The first-order valence-corrected chi connectivity index (χ1v) is 16.2. The molecule has 0 radical (unpaired) electrons. The maximum absolute atomic E-state index is 13.7. The topological polar surface area (TPSA) is 155 Å². The fraction of sp³-hybridized carbons (Fsp3) is 0.361. The van der Waals surface area contributed by atoms with E-state index in [0.29, 0.717) is 29.7 Å². The summed E-state index contributed by atoms with van der Waals surface area (Å²) in [5.74, 6) is -4.16. The number of nitrogens with one attached hydrogen (secondary N) is 5. The van der Waals surface area contributed by atoms with Gasteiger partial charge in [-0.15, -0.1) is 0 Å². The first-order chi connectivity index (χ1) is 23.5. The molecule has 2 heterocycles. The number of rotatable bonds is 6. The molecule has 0 aromatic heterocycles. The van der Waals surface area contributed by atoms with Gasteiger partial charge in [0, 0.05) is 19.3 Å². The molecular formula is C36H39F2N5O6. The molecule has 1 fully saturated rings. The number of carbonyl (C=O) groups is 5. The normalized spacial score (nSPS) is 21.4. The Morgan fingerprint density at radius 1 is 0.878 bits per heavy atom. The van der Waals surface area contributed by atoms with E-state index in [-0.39, 0.29) is 44.7 Å². The molecule has 11 nitrogen and oxygen atoms in total. The van der Waals surface area contributed by atoms with E-state index in [2.05, 4.69) is 26.6 Å². The van der Waals surface area contributed by atoms with E-state index in [9.17, 15) is 32.8 Å². The Morgan fingerprint density at radius 3 is 2.31 bits per heavy atom. The third-order valence-corrected chi connectivity index (χ3v) is 8.51. The molecule has 2 aliphatic heterocycles. The van der Waals surface area contributed by atoms with Gasteiger partial charge in [0.15, 0.2) is 11.6 Å². The summed E-state index contributed by atoms with van der Waals surface area (Å²) in [6, 6.07) is 16.0. The molecule has 5 amide bonds. The molecule has 6 rings (SSSR count). The zero-order valence-corrected chi connectivity index (χ0v) is 27.0. The van der Waals surface area contributed by atoms with Crippen molar-refractivity contribution >= 4 is 29.5 Å². The molecule has 3 aromatic carbocycles. The second-order valence-corrected chi connectivity index (χ2v) is 12.4. The lowest BCUT2D eigenvalue weighted by Gasteiger charge is -2.25. The molecule has 1 spiro atoms. The van der Waals surface area contributed by atoms with Crippen molar-refractivity contribution in [2.24, 2.45) is 0 Å². The summed E-state index contributed by atoms with van der Waals surface area (Å²) < 4.78 is 32.8. The molecule has 1 aliphatic carbocycles. The van der Waals surface area contributed by atoms with Gasteiger partial charge in [-0.25, -0.2) is 8.78 Å². The van der Waals surface area contributed by atoms with Crippen molar-refractivity contribution in [3.8, 4) is 5.75 Å². The number of ether oxygens (including phenoxy) is 1. The first-order valence-electron chi connectivity index (χ1n) is 16.2. The van der Waals surface area contributed by atoms with Crippen molar-refractivity contribution in [3.05, 3.63) is 101 Å². The number of hydrogen-bond donors (Lipinski definition) is 5. The minimum absolute atomic E-state index is 0.0640. The van der Waals surface area contributed by atoms with Crippen LogP contribution in [0.15, 0.2) is 72.8 Å². The minimum atomic E-state index is -1.11. The van der Waals surface area contributed by atoms with Gasteiger partial charge in [0.1, 0.15) is 36.0 Å². The summed E-state index contributed by atoms with van der Waals surface area (Å²) in [5, 5.41) is 13.7. The lowest BCUT2D eigenvalue weighted by Crippen LogP contribution is -2.59. The summed E-state index contributed by atoms with van der Waals surface area (Å²) in [4.78, 5) is 66.5. The summed E-state index contributed by atoms with van der Waals surface area (Å²) in [7, 11) is 0. The van der Waals surface area contributed by atoms with E-state index in [1.807, 2.05) is 18.2 Å². The molecule has 5 N–H and O–H groups in total. The highest BCUT2D eigenvalue weighted by molar-refractivity contribution is 5.98. The van der Waals surface area contributed by atoms with E-state index in [1.165, 1.54) is 13.0 Å². The molecule has 2 bridgehead atoms. The average Bonchev–Trinajstić information content (AvgIpc) is 3.87. The van der Waals surface area contributed by atoms with Gasteiger partial charge in [-0.1, -0.05) is 48.5 Å². The maximum Gasteiger partial charge on any atom is 0.245 e. The highest BCUT2D eigenvalue weighted by atomic mass is 19.2. The highest BCUT2D eigenvalue weighted by Gasteiger charge is 2.51. The van der Waals surface area contributed by atoms with Gasteiger partial charge >= 0.3 is 0 Å². The molecule has 13 heteroatoms. The van der Waals surface area contributed by atoms with Gasteiger partial charge in [0.05, 0.1) is 6.54 Å². The maximum atomic E-state index is 13.7. The van der Waals surface area contributed by atoms with E-state index in [4.69, 9.17) is 4.74 Å². The Hall–Kier alpha value is -5.33. The predicted octanol–water partition coefficient (Wildman–Crippen LogP) is 2.01. The van der Waals surface area contributed by atoms with Gasteiger partial charge in [0.2, 0.25) is 29.5 Å². The number of halogens is 2. The molecule has 0 saturated heterocycles. The molecule has 3 aromatic rings. The number of aryl methyl sites for hydroxylation is 1. The van der Waals surface area contributed by atoms with Crippen molar-refractivity contribution in [1.82, 2.24) is 26.6 Å². The average molecular weight is 676 g/mol. The van der Waals surface area contributed by atoms with E-state index in [1.54, 1.807) is 36.4 Å². The number of carbonyl (C=O) groups excluding carboxylic acids is 5. The van der Waals surface area contributed by atoms with Gasteiger partial charge in [-0.3, -0.25) is 24.0 Å². The monoisotopic (exact) mass is 675 g/mol. The SMILES string of the molecule is C[C@@H]1NC(=O)[C@@H](NC(=O)CCc2ccc(F)c(F)c2)Cc2ccc(cc2)OCCNC(=O)C2(CC2)NC(=O)[C@@H](Cc2ccccc2)NC1=O. The quantitative estimate of drug-likeness (QED) is 0.252. The van der Waals surface area contributed by atoms with Crippen LogP contribution in [0.2, 0.25) is 0 Å². The van der Waals surface area contributed by atoms with Crippen LogP contribution in [0.4, 0.5) is 8.78 Å². The Morgan fingerprint density at radius 2 is 1.61 bits per heavy atom. The largest absolute Gasteiger partial charge is 0.492 e. The Kier molecular flexibility index (Phi) is 11.2. The van der Waals surface area contributed by atoms with Gasteiger partial charge in [-0.05, 0) is 67.1 Å². The standard InChI is InChI=1S/C36H39F2N5O6/c1-22-32(45)42-30(20-23-5-3-2-4-6-23)34(47)43-36(15-16-36)35(48)39-17-18-49-26-11-7-25(8-12-26)21-29(33(46)40-22)41-31(44)14-10-24-9-13-27(37)28(38)19-24/h2-9,11-13,19,22,29-30H,10,14-18,20-21H2,1H3,(H,39,48)(H,40,46)(H,41,44)(H,42,45)(H,43,47)/t22-,29-,30+/m0/s1. The molecule has 3 atom stereocenters. The zero-order chi connectivity index (χ0) is 35.0. The van der Waals surface area contributed by atoms with E-state index in [0.717, 1.165) is 17.7 Å². The van der Waals surface area contributed by atoms with Crippen LogP contribution in [0.5, 0.6) is 5.75 Å². The number of amides is 5. The molecule has 0 unspecified atom stereocenters. The Balaban J connectivity index is 1.34. The van der Waals surface area contributed by atoms with Crippen LogP contribution in [-0.4, -0.2) is 66.4 Å². The molecule has 258 valence electrons. The van der Waals surface area contributed by atoms with E-state index >= 15 is 0 Å². The van der Waals surface area contributed by atoms with Crippen molar-refractivity contribution < 1.29 is 37.5 Å². The number of fused-ring (bicyclic) bond motifs is 15. The van der Waals surface area contributed by atoms with Crippen molar-refractivity contribution in [3.63, 3.8) is 0 Å². The molecule has 1 saturated carbocycles. The van der Waals surface area contributed by atoms with Crippen LogP contribution in [0.25, 0.3) is 0 Å². The number of benzene rings is 3. The third-order valence-electron chi connectivity index (χ3n) is 8.51. The Bertz CT molecular complexity index is 1680. The van der Waals surface area contributed by atoms with Crippen LogP contribution >= 0.6 is 0 Å². The second-order valence-electron chi connectivity index (χ2n) is 12.4. The Labute approximate surface area is 282 Å². The van der Waals surface area contributed by atoms with E-state index < -0.39 is 58.9 Å². The van der Waals surface area contributed by atoms with Crippen LogP contribution in [0.3, 0.4) is 0 Å². The second kappa shape index (κ2) is 15.7. The summed E-state index contributed by atoms with van der Waals surface area (Å²) in [5.41, 5.74) is 0.785. The van der Waals surface area contributed by atoms with Crippen LogP contribution in [0, 0.1) is 11.6 Å². The summed E-state index contributed by atoms with van der Waals surface area (Å²) in [6.45, 7) is 1.82. The van der Waals surface area contributed by atoms with Gasteiger partial charge < -0.3 is 31.3 Å². The fourth-order valence-corrected chi connectivity index (χ4v) is 5.48. The third kappa shape index (κ3) is 9.62. The molecular weight excluding hydrogens is 636 g/mol. The first kappa shape index (κ1) is 35.0. The highest BCUT2D eigenvalue weighted by Crippen LogP contribution is 2.35. The fourth-order valence-electron chi connectivity index (χ4n) is 5.48.